The monoisotopic (exact) mass is 294 g/mol. The third kappa shape index (κ3) is 3.42. The van der Waals surface area contributed by atoms with Crippen molar-refractivity contribution in [3.05, 3.63) is 28.2 Å². The average Bonchev–Trinajstić information content (AvgIpc) is 2.26. The molecule has 5 heteroatoms. The van der Waals surface area contributed by atoms with Crippen LogP contribution >= 0.6 is 15.9 Å². The van der Waals surface area contributed by atoms with Gasteiger partial charge in [0.25, 0.3) is 6.43 Å². The molecule has 0 saturated carbocycles. The quantitative estimate of drug-likeness (QED) is 0.900. The van der Waals surface area contributed by atoms with Crippen LogP contribution in [0, 0.1) is 0 Å². The van der Waals surface area contributed by atoms with Crippen LogP contribution in [0.5, 0.6) is 5.75 Å². The predicted octanol–water partition coefficient (Wildman–Crippen LogP) is 3.54. The summed E-state index contributed by atoms with van der Waals surface area (Å²) in [6, 6.07) is 4.45. The molecule has 0 fully saturated rings. The van der Waals surface area contributed by atoms with E-state index in [0.717, 1.165) is 6.42 Å². The van der Waals surface area contributed by atoms with Gasteiger partial charge in [-0.25, -0.2) is 8.78 Å². The minimum Gasteiger partial charge on any atom is -0.492 e. The molecule has 0 saturated heterocycles. The third-order valence-electron chi connectivity index (χ3n) is 2.00. The number of hydrogen-bond acceptors (Lipinski definition) is 2. The molecule has 1 N–H and O–H groups in total. The first-order valence-corrected chi connectivity index (χ1v) is 5.74. The van der Waals surface area contributed by atoms with Crippen LogP contribution < -0.4 is 4.74 Å². The van der Waals surface area contributed by atoms with Crippen molar-refractivity contribution < 1.29 is 18.6 Å². The number of aliphatic hydroxyl groups is 1. The normalized spacial score (nSPS) is 12.9. The summed E-state index contributed by atoms with van der Waals surface area (Å²) in [6.07, 6.45) is -3.67. The average molecular weight is 295 g/mol. The smallest absolute Gasteiger partial charge is 0.268 e. The van der Waals surface area contributed by atoms with Crippen molar-refractivity contribution in [1.29, 1.82) is 0 Å². The standard InChI is InChI=1S/C11H13BrF2O2/c1-2-5-16-9-4-3-7(6-8(9)12)10(15)11(13)14/h3-4,6,10-11,15H,2,5H2,1H3. The molecule has 1 unspecified atom stereocenters. The lowest BCUT2D eigenvalue weighted by molar-refractivity contribution is -0.00583. The van der Waals surface area contributed by atoms with Gasteiger partial charge in [-0.1, -0.05) is 13.0 Å². The largest absolute Gasteiger partial charge is 0.492 e. The first kappa shape index (κ1) is 13.4. The molecule has 1 aromatic carbocycles. The number of ether oxygens (including phenoxy) is 1. The third-order valence-corrected chi connectivity index (χ3v) is 2.62. The fraction of sp³-hybridized carbons (Fsp3) is 0.455. The van der Waals surface area contributed by atoms with Gasteiger partial charge in [-0.3, -0.25) is 0 Å². The Morgan fingerprint density at radius 1 is 1.44 bits per heavy atom. The molecule has 2 nitrogen and oxygen atoms in total. The van der Waals surface area contributed by atoms with E-state index in [-0.39, 0.29) is 5.56 Å². The summed E-state index contributed by atoms with van der Waals surface area (Å²) < 4.78 is 30.4. The van der Waals surface area contributed by atoms with E-state index in [9.17, 15) is 13.9 Å². The van der Waals surface area contributed by atoms with Crippen LogP contribution in [0.25, 0.3) is 0 Å². The molecular formula is C11H13BrF2O2. The molecule has 0 aliphatic carbocycles. The van der Waals surface area contributed by atoms with Gasteiger partial charge in [0.05, 0.1) is 11.1 Å². The molecule has 0 aromatic heterocycles. The lowest BCUT2D eigenvalue weighted by atomic mass is 10.1. The Morgan fingerprint density at radius 3 is 2.62 bits per heavy atom. The summed E-state index contributed by atoms with van der Waals surface area (Å²) in [6.45, 7) is 2.54. The number of benzene rings is 1. The number of aliphatic hydroxyl groups excluding tert-OH is 1. The van der Waals surface area contributed by atoms with E-state index in [1.165, 1.54) is 12.1 Å². The van der Waals surface area contributed by atoms with E-state index < -0.39 is 12.5 Å². The van der Waals surface area contributed by atoms with Crippen molar-refractivity contribution in [2.75, 3.05) is 6.61 Å². The van der Waals surface area contributed by atoms with E-state index in [1.807, 2.05) is 6.92 Å². The van der Waals surface area contributed by atoms with Crippen molar-refractivity contribution in [3.63, 3.8) is 0 Å². The summed E-state index contributed by atoms with van der Waals surface area (Å²) in [5, 5.41) is 9.18. The molecule has 1 aromatic rings. The molecule has 1 atom stereocenters. The van der Waals surface area contributed by atoms with Gasteiger partial charge in [0.2, 0.25) is 0 Å². The maximum atomic E-state index is 12.3. The van der Waals surface area contributed by atoms with Gasteiger partial charge in [-0.05, 0) is 40.0 Å². The molecule has 1 rings (SSSR count). The van der Waals surface area contributed by atoms with Crippen molar-refractivity contribution in [2.24, 2.45) is 0 Å². The van der Waals surface area contributed by atoms with E-state index in [1.54, 1.807) is 6.07 Å². The Balaban J connectivity index is 2.82. The molecule has 0 bridgehead atoms. The first-order chi connectivity index (χ1) is 7.56. The van der Waals surface area contributed by atoms with E-state index in [0.29, 0.717) is 16.8 Å². The van der Waals surface area contributed by atoms with Crippen LogP contribution in [0.4, 0.5) is 8.78 Å². The van der Waals surface area contributed by atoms with Crippen molar-refractivity contribution in [1.82, 2.24) is 0 Å². The fourth-order valence-electron chi connectivity index (χ4n) is 1.18. The maximum Gasteiger partial charge on any atom is 0.268 e. The number of hydrogen-bond donors (Lipinski definition) is 1. The molecule has 0 amide bonds. The maximum absolute atomic E-state index is 12.3. The topological polar surface area (TPSA) is 29.5 Å². The Hall–Kier alpha value is -0.680. The number of rotatable bonds is 5. The summed E-state index contributed by atoms with van der Waals surface area (Å²) in [5.41, 5.74) is 0.172. The zero-order valence-electron chi connectivity index (χ0n) is 8.79. The van der Waals surface area contributed by atoms with E-state index in [2.05, 4.69) is 15.9 Å². The van der Waals surface area contributed by atoms with Crippen LogP contribution in [0.15, 0.2) is 22.7 Å². The highest BCUT2D eigenvalue weighted by Crippen LogP contribution is 2.30. The van der Waals surface area contributed by atoms with Gasteiger partial charge in [-0.15, -0.1) is 0 Å². The van der Waals surface area contributed by atoms with Crippen LogP contribution in [-0.4, -0.2) is 18.1 Å². The molecule has 0 radical (unpaired) electrons. The van der Waals surface area contributed by atoms with Gasteiger partial charge in [-0.2, -0.15) is 0 Å². The van der Waals surface area contributed by atoms with Gasteiger partial charge in [0.15, 0.2) is 0 Å². The Kier molecular flexibility index (Phi) is 5.15. The molecule has 90 valence electrons. The van der Waals surface area contributed by atoms with Gasteiger partial charge in [0, 0.05) is 0 Å². The second-order valence-electron chi connectivity index (χ2n) is 3.32. The summed E-state index contributed by atoms with van der Waals surface area (Å²) in [5.74, 6) is 0.590. The molecule has 0 aliphatic rings. The molecule has 16 heavy (non-hydrogen) atoms. The van der Waals surface area contributed by atoms with Gasteiger partial charge in [0.1, 0.15) is 11.9 Å². The van der Waals surface area contributed by atoms with Crippen LogP contribution in [0.3, 0.4) is 0 Å². The SMILES string of the molecule is CCCOc1ccc(C(O)C(F)F)cc1Br. The van der Waals surface area contributed by atoms with Crippen LogP contribution in [-0.2, 0) is 0 Å². The second-order valence-corrected chi connectivity index (χ2v) is 4.17. The van der Waals surface area contributed by atoms with Gasteiger partial charge < -0.3 is 9.84 Å². The lowest BCUT2D eigenvalue weighted by Gasteiger charge is -2.12. The number of halogens is 3. The zero-order chi connectivity index (χ0) is 12.1. The molecular weight excluding hydrogens is 282 g/mol. The molecule has 0 spiro atoms. The fourth-order valence-corrected chi connectivity index (χ4v) is 1.69. The van der Waals surface area contributed by atoms with Crippen molar-refractivity contribution in [3.8, 4) is 5.75 Å². The summed E-state index contributed by atoms with van der Waals surface area (Å²) in [4.78, 5) is 0. The lowest BCUT2D eigenvalue weighted by Crippen LogP contribution is -2.08. The first-order valence-electron chi connectivity index (χ1n) is 4.94. The highest BCUT2D eigenvalue weighted by Gasteiger charge is 2.19. The highest BCUT2D eigenvalue weighted by molar-refractivity contribution is 9.10. The molecule has 0 heterocycles. The van der Waals surface area contributed by atoms with Crippen molar-refractivity contribution >= 4 is 15.9 Å². The Morgan fingerprint density at radius 2 is 2.12 bits per heavy atom. The minimum atomic E-state index is -2.78. The van der Waals surface area contributed by atoms with Crippen LogP contribution in [0.1, 0.15) is 25.0 Å². The zero-order valence-corrected chi connectivity index (χ0v) is 10.4. The van der Waals surface area contributed by atoms with Crippen LogP contribution in [0.2, 0.25) is 0 Å². The van der Waals surface area contributed by atoms with E-state index in [4.69, 9.17) is 4.74 Å². The summed E-state index contributed by atoms with van der Waals surface area (Å²) in [7, 11) is 0. The Bertz CT molecular complexity index is 345. The van der Waals surface area contributed by atoms with Gasteiger partial charge >= 0.3 is 0 Å². The minimum absolute atomic E-state index is 0.172. The second kappa shape index (κ2) is 6.15. The highest BCUT2D eigenvalue weighted by atomic mass is 79.9. The molecule has 0 aliphatic heterocycles. The van der Waals surface area contributed by atoms with Crippen molar-refractivity contribution in [2.45, 2.75) is 25.9 Å². The Labute approximate surface area is 101 Å². The summed E-state index contributed by atoms with van der Waals surface area (Å²) >= 11 is 3.21. The van der Waals surface area contributed by atoms with E-state index >= 15 is 0 Å². The number of alkyl halides is 2. The predicted molar refractivity (Wildman–Crippen MR) is 60.9 cm³/mol.